The van der Waals surface area contributed by atoms with Crippen molar-refractivity contribution in [1.82, 2.24) is 5.32 Å². The number of carbonyl (C=O) groups excluding carboxylic acids is 1. The van der Waals surface area contributed by atoms with Crippen molar-refractivity contribution in [3.05, 3.63) is 23.8 Å². The Labute approximate surface area is 138 Å². The van der Waals surface area contributed by atoms with Crippen molar-refractivity contribution < 1.29 is 14.3 Å². The number of hydrogen-bond acceptors (Lipinski definition) is 4. The van der Waals surface area contributed by atoms with Crippen LogP contribution in [0.2, 0.25) is 0 Å². The average Bonchev–Trinajstić information content (AvgIpc) is 2.41. The van der Waals surface area contributed by atoms with E-state index in [9.17, 15) is 4.79 Å². The minimum absolute atomic E-state index is 0.101. The van der Waals surface area contributed by atoms with E-state index in [4.69, 9.17) is 14.7 Å². The van der Waals surface area contributed by atoms with E-state index in [0.717, 1.165) is 6.42 Å². The molecule has 0 heterocycles. The van der Waals surface area contributed by atoms with Crippen LogP contribution in [0.3, 0.4) is 0 Å². The van der Waals surface area contributed by atoms with Crippen molar-refractivity contribution >= 4 is 5.91 Å². The highest BCUT2D eigenvalue weighted by Crippen LogP contribution is 2.28. The molecular formula is C18H26N2O3. The quantitative estimate of drug-likeness (QED) is 0.873. The van der Waals surface area contributed by atoms with Crippen molar-refractivity contribution in [2.75, 3.05) is 13.7 Å². The number of nitrogens with zero attached hydrogens (tertiary/aromatic N) is 1. The van der Waals surface area contributed by atoms with E-state index in [-0.39, 0.29) is 23.5 Å². The highest BCUT2D eigenvalue weighted by molar-refractivity contribution is 5.78. The first kappa shape index (κ1) is 18.8. The fourth-order valence-electron chi connectivity index (χ4n) is 2.78. The van der Waals surface area contributed by atoms with Crippen LogP contribution in [0, 0.1) is 16.7 Å². The molecule has 1 aromatic rings. The van der Waals surface area contributed by atoms with Crippen LogP contribution in [-0.2, 0) is 4.79 Å². The zero-order chi connectivity index (χ0) is 17.7. The van der Waals surface area contributed by atoms with Crippen LogP contribution in [0.25, 0.3) is 0 Å². The van der Waals surface area contributed by atoms with E-state index in [1.54, 1.807) is 18.2 Å². The summed E-state index contributed by atoms with van der Waals surface area (Å²) in [5.74, 6) is 0.687. The lowest BCUT2D eigenvalue weighted by Gasteiger charge is -2.33. The van der Waals surface area contributed by atoms with Gasteiger partial charge in [-0.25, -0.2) is 0 Å². The Kier molecular flexibility index (Phi) is 6.03. The van der Waals surface area contributed by atoms with Crippen LogP contribution in [0.1, 0.15) is 46.6 Å². The van der Waals surface area contributed by atoms with Gasteiger partial charge in [0.2, 0.25) is 0 Å². The Balaban J connectivity index is 2.65. The molecule has 0 spiro atoms. The number of benzene rings is 1. The minimum atomic E-state index is -0.312. The largest absolute Gasteiger partial charge is 0.493 e. The zero-order valence-electron chi connectivity index (χ0n) is 14.8. The normalized spacial score (nSPS) is 11.5. The summed E-state index contributed by atoms with van der Waals surface area (Å²) in [5, 5.41) is 11.9. The Morgan fingerprint density at radius 2 is 1.87 bits per heavy atom. The highest BCUT2D eigenvalue weighted by Gasteiger charge is 2.27. The molecule has 0 saturated carbocycles. The summed E-state index contributed by atoms with van der Waals surface area (Å²) in [4.78, 5) is 12.1. The molecule has 1 N–H and O–H groups in total. The summed E-state index contributed by atoms with van der Waals surface area (Å²) >= 11 is 0. The molecule has 0 aliphatic rings. The summed E-state index contributed by atoms with van der Waals surface area (Å²) in [6.07, 6.45) is 0.853. The summed E-state index contributed by atoms with van der Waals surface area (Å²) in [5.41, 5.74) is 0.284. The van der Waals surface area contributed by atoms with Gasteiger partial charge in [-0.15, -0.1) is 0 Å². The smallest absolute Gasteiger partial charge is 0.258 e. The van der Waals surface area contributed by atoms with Crippen molar-refractivity contribution in [3.8, 4) is 17.6 Å². The molecule has 0 aliphatic carbocycles. The van der Waals surface area contributed by atoms with Crippen molar-refractivity contribution in [2.24, 2.45) is 5.41 Å². The maximum Gasteiger partial charge on any atom is 0.258 e. The maximum absolute atomic E-state index is 12.1. The van der Waals surface area contributed by atoms with E-state index in [1.165, 1.54) is 7.11 Å². The SMILES string of the molecule is COc1cc(C#N)ccc1OCC(=O)NC(C)(C)CC(C)(C)C. The maximum atomic E-state index is 12.1. The van der Waals surface area contributed by atoms with Crippen LogP contribution in [0.15, 0.2) is 18.2 Å². The second-order valence-corrected chi connectivity index (χ2v) is 7.44. The number of ether oxygens (including phenoxy) is 2. The van der Waals surface area contributed by atoms with Crippen LogP contribution in [0.4, 0.5) is 0 Å². The van der Waals surface area contributed by atoms with Crippen LogP contribution in [0.5, 0.6) is 11.5 Å². The van der Waals surface area contributed by atoms with Gasteiger partial charge in [0, 0.05) is 11.6 Å². The van der Waals surface area contributed by atoms with Gasteiger partial charge in [-0.1, -0.05) is 20.8 Å². The molecule has 23 heavy (non-hydrogen) atoms. The van der Waals surface area contributed by atoms with E-state index in [2.05, 4.69) is 26.1 Å². The molecule has 0 saturated heterocycles. The Hall–Kier alpha value is -2.22. The fourth-order valence-corrected chi connectivity index (χ4v) is 2.78. The van der Waals surface area contributed by atoms with Gasteiger partial charge in [0.25, 0.3) is 5.91 Å². The van der Waals surface area contributed by atoms with E-state index < -0.39 is 0 Å². The monoisotopic (exact) mass is 318 g/mol. The van der Waals surface area contributed by atoms with Crippen LogP contribution < -0.4 is 14.8 Å². The first-order valence-corrected chi connectivity index (χ1v) is 7.58. The second kappa shape index (κ2) is 7.36. The van der Waals surface area contributed by atoms with E-state index in [0.29, 0.717) is 17.1 Å². The molecular weight excluding hydrogens is 292 g/mol. The second-order valence-electron chi connectivity index (χ2n) is 7.44. The van der Waals surface area contributed by atoms with Gasteiger partial charge in [0.05, 0.1) is 18.7 Å². The molecule has 0 atom stereocenters. The highest BCUT2D eigenvalue weighted by atomic mass is 16.5. The topological polar surface area (TPSA) is 71.3 Å². The molecule has 5 heteroatoms. The number of hydrogen-bond donors (Lipinski definition) is 1. The number of methoxy groups -OCH3 is 1. The lowest BCUT2D eigenvalue weighted by molar-refractivity contribution is -0.125. The lowest BCUT2D eigenvalue weighted by atomic mass is 9.82. The minimum Gasteiger partial charge on any atom is -0.493 e. The Morgan fingerprint density at radius 1 is 1.22 bits per heavy atom. The zero-order valence-corrected chi connectivity index (χ0v) is 14.8. The first-order chi connectivity index (χ1) is 10.6. The number of amides is 1. The van der Waals surface area contributed by atoms with Gasteiger partial charge in [-0.2, -0.15) is 5.26 Å². The van der Waals surface area contributed by atoms with E-state index >= 15 is 0 Å². The van der Waals surface area contributed by atoms with Crippen molar-refractivity contribution in [1.29, 1.82) is 5.26 Å². The molecule has 126 valence electrons. The Morgan fingerprint density at radius 3 is 2.39 bits per heavy atom. The molecule has 0 aromatic heterocycles. The predicted molar refractivity (Wildman–Crippen MR) is 89.5 cm³/mol. The third-order valence-corrected chi connectivity index (χ3v) is 3.10. The fraction of sp³-hybridized carbons (Fsp3) is 0.556. The summed E-state index contributed by atoms with van der Waals surface area (Å²) in [6, 6.07) is 6.87. The number of carbonyl (C=O) groups is 1. The van der Waals surface area contributed by atoms with Crippen molar-refractivity contribution in [3.63, 3.8) is 0 Å². The summed E-state index contributed by atoms with van der Waals surface area (Å²) in [6.45, 7) is 10.3. The van der Waals surface area contributed by atoms with Crippen LogP contribution in [-0.4, -0.2) is 25.2 Å². The summed E-state index contributed by atoms with van der Waals surface area (Å²) in [7, 11) is 1.50. The number of nitriles is 1. The molecule has 0 aliphatic heterocycles. The third kappa shape index (κ3) is 6.60. The van der Waals surface area contributed by atoms with Gasteiger partial charge in [-0.3, -0.25) is 4.79 Å². The van der Waals surface area contributed by atoms with Gasteiger partial charge < -0.3 is 14.8 Å². The standard InChI is InChI=1S/C18H26N2O3/c1-17(2,3)12-18(4,5)20-16(21)11-23-14-8-7-13(10-19)9-15(14)22-6/h7-9H,11-12H2,1-6H3,(H,20,21). The lowest BCUT2D eigenvalue weighted by Crippen LogP contribution is -2.47. The van der Waals surface area contributed by atoms with Crippen LogP contribution >= 0.6 is 0 Å². The molecule has 1 aromatic carbocycles. The van der Waals surface area contributed by atoms with Gasteiger partial charge in [0.15, 0.2) is 18.1 Å². The summed E-state index contributed by atoms with van der Waals surface area (Å²) < 4.78 is 10.7. The van der Waals surface area contributed by atoms with E-state index in [1.807, 2.05) is 19.9 Å². The van der Waals surface area contributed by atoms with Gasteiger partial charge in [0.1, 0.15) is 0 Å². The van der Waals surface area contributed by atoms with Gasteiger partial charge >= 0.3 is 0 Å². The number of nitrogens with one attached hydrogen (secondary N) is 1. The number of rotatable bonds is 6. The molecule has 5 nitrogen and oxygen atoms in total. The average molecular weight is 318 g/mol. The molecule has 1 amide bonds. The third-order valence-electron chi connectivity index (χ3n) is 3.10. The molecule has 0 bridgehead atoms. The first-order valence-electron chi connectivity index (χ1n) is 7.58. The molecule has 1 rings (SSSR count). The van der Waals surface area contributed by atoms with Crippen molar-refractivity contribution in [2.45, 2.75) is 46.6 Å². The molecule has 0 unspecified atom stereocenters. The molecule has 0 radical (unpaired) electrons. The van der Waals surface area contributed by atoms with Gasteiger partial charge in [-0.05, 0) is 37.8 Å². The predicted octanol–water partition coefficient (Wildman–Crippen LogP) is 3.28. The Bertz CT molecular complexity index is 595. The molecule has 0 fully saturated rings.